The zero-order valence-electron chi connectivity index (χ0n) is 13.9. The molecule has 2 unspecified atom stereocenters. The fraction of sp³-hybridized carbons (Fsp3) is 0.588. The van der Waals surface area contributed by atoms with Gasteiger partial charge >= 0.3 is 0 Å². The van der Waals surface area contributed by atoms with Gasteiger partial charge in [-0.1, -0.05) is 0 Å². The first-order valence-corrected chi connectivity index (χ1v) is 10.4. The number of anilines is 1. The van der Waals surface area contributed by atoms with E-state index in [9.17, 15) is 13.2 Å². The average Bonchev–Trinajstić information content (AvgIpc) is 3.08. The van der Waals surface area contributed by atoms with Gasteiger partial charge in [0.15, 0.2) is 0 Å². The van der Waals surface area contributed by atoms with E-state index >= 15 is 0 Å². The summed E-state index contributed by atoms with van der Waals surface area (Å²) < 4.78 is 25.1. The summed E-state index contributed by atoms with van der Waals surface area (Å²) in [6, 6.07) is 6.38. The second kappa shape index (κ2) is 5.74. The Bertz CT molecular complexity index is 777. The minimum absolute atomic E-state index is 0.0601. The van der Waals surface area contributed by atoms with Crippen molar-refractivity contribution in [3.05, 3.63) is 29.3 Å². The van der Waals surface area contributed by atoms with Gasteiger partial charge in [0.1, 0.15) is 0 Å². The lowest BCUT2D eigenvalue weighted by Gasteiger charge is -2.24. The van der Waals surface area contributed by atoms with Crippen LogP contribution in [0.1, 0.15) is 35.2 Å². The highest BCUT2D eigenvalue weighted by Gasteiger charge is 2.32. The Balaban J connectivity index is 1.56. The molecule has 3 aliphatic heterocycles. The maximum absolute atomic E-state index is 12.9. The molecule has 0 aromatic heterocycles. The molecular formula is C17H23N3O3S. The molecule has 1 aromatic rings. The van der Waals surface area contributed by atoms with Crippen LogP contribution < -0.4 is 9.62 Å². The molecule has 7 heteroatoms. The van der Waals surface area contributed by atoms with Gasteiger partial charge in [0, 0.05) is 37.3 Å². The van der Waals surface area contributed by atoms with Gasteiger partial charge in [-0.05, 0) is 49.4 Å². The van der Waals surface area contributed by atoms with E-state index in [1.165, 1.54) is 17.0 Å². The van der Waals surface area contributed by atoms with Gasteiger partial charge in [0.05, 0.1) is 11.9 Å². The molecule has 6 nitrogen and oxygen atoms in total. The number of amides is 1. The van der Waals surface area contributed by atoms with E-state index < -0.39 is 10.0 Å². The SMILES string of the molecule is CS(=O)(=O)N1CCc2cc(C(=O)N3CCC4CCC(C3)N4)ccc21. The Morgan fingerprint density at radius 1 is 1.17 bits per heavy atom. The number of carbonyl (C=O) groups is 1. The van der Waals surface area contributed by atoms with Gasteiger partial charge in [-0.15, -0.1) is 0 Å². The Morgan fingerprint density at radius 2 is 1.96 bits per heavy atom. The summed E-state index contributed by atoms with van der Waals surface area (Å²) >= 11 is 0. The summed E-state index contributed by atoms with van der Waals surface area (Å²) in [5.74, 6) is 0.0601. The lowest BCUT2D eigenvalue weighted by Crippen LogP contribution is -2.39. The van der Waals surface area contributed by atoms with Gasteiger partial charge in [0.2, 0.25) is 10.0 Å². The summed E-state index contributed by atoms with van der Waals surface area (Å²) in [6.45, 7) is 2.02. The first-order valence-electron chi connectivity index (χ1n) is 8.58. The third kappa shape index (κ3) is 2.80. The summed E-state index contributed by atoms with van der Waals surface area (Å²) in [6.07, 6.45) is 5.25. The Labute approximate surface area is 142 Å². The molecule has 1 N–H and O–H groups in total. The molecule has 0 spiro atoms. The molecule has 2 fully saturated rings. The van der Waals surface area contributed by atoms with Gasteiger partial charge < -0.3 is 10.2 Å². The molecule has 24 heavy (non-hydrogen) atoms. The van der Waals surface area contributed by atoms with E-state index in [2.05, 4.69) is 5.32 Å². The third-order valence-electron chi connectivity index (χ3n) is 5.39. The van der Waals surface area contributed by atoms with Crippen LogP contribution in [-0.2, 0) is 16.4 Å². The average molecular weight is 349 g/mol. The monoisotopic (exact) mass is 349 g/mol. The lowest BCUT2D eigenvalue weighted by molar-refractivity contribution is 0.0748. The number of sulfonamides is 1. The van der Waals surface area contributed by atoms with Crippen LogP contribution in [0.4, 0.5) is 5.69 Å². The zero-order chi connectivity index (χ0) is 16.9. The lowest BCUT2D eigenvalue weighted by atomic mass is 10.1. The molecular weight excluding hydrogens is 326 g/mol. The summed E-state index contributed by atoms with van der Waals surface area (Å²) in [5, 5.41) is 3.59. The number of nitrogens with zero attached hydrogens (tertiary/aromatic N) is 2. The second-order valence-electron chi connectivity index (χ2n) is 7.11. The predicted octanol–water partition coefficient (Wildman–Crippen LogP) is 0.975. The molecule has 130 valence electrons. The van der Waals surface area contributed by atoms with Crippen LogP contribution in [0.2, 0.25) is 0 Å². The second-order valence-corrected chi connectivity index (χ2v) is 9.01. The van der Waals surface area contributed by atoms with E-state index in [0.717, 1.165) is 31.5 Å². The minimum Gasteiger partial charge on any atom is -0.337 e. The van der Waals surface area contributed by atoms with Gasteiger partial charge in [-0.2, -0.15) is 0 Å². The van der Waals surface area contributed by atoms with Crippen LogP contribution in [0.5, 0.6) is 0 Å². The highest BCUT2D eigenvalue weighted by Crippen LogP contribution is 2.31. The first kappa shape index (κ1) is 15.9. The maximum Gasteiger partial charge on any atom is 0.253 e. The molecule has 0 saturated carbocycles. The van der Waals surface area contributed by atoms with Crippen molar-refractivity contribution in [3.8, 4) is 0 Å². The number of nitrogens with one attached hydrogen (secondary N) is 1. The van der Waals surface area contributed by atoms with E-state index in [1.54, 1.807) is 12.1 Å². The third-order valence-corrected chi connectivity index (χ3v) is 6.57. The fourth-order valence-electron chi connectivity index (χ4n) is 4.16. The Morgan fingerprint density at radius 3 is 2.75 bits per heavy atom. The number of carbonyl (C=O) groups excluding carboxylic acids is 1. The van der Waals surface area contributed by atoms with Gasteiger partial charge in [-0.3, -0.25) is 9.10 Å². The quantitative estimate of drug-likeness (QED) is 0.864. The topological polar surface area (TPSA) is 69.7 Å². The molecule has 2 atom stereocenters. The van der Waals surface area contributed by atoms with Crippen molar-refractivity contribution in [2.75, 3.05) is 30.2 Å². The predicted molar refractivity (Wildman–Crippen MR) is 92.8 cm³/mol. The molecule has 4 rings (SSSR count). The molecule has 0 aliphatic carbocycles. The largest absolute Gasteiger partial charge is 0.337 e. The van der Waals surface area contributed by atoms with Crippen LogP contribution in [0.3, 0.4) is 0 Å². The van der Waals surface area contributed by atoms with Crippen molar-refractivity contribution in [2.24, 2.45) is 0 Å². The Hall–Kier alpha value is -1.60. The van der Waals surface area contributed by atoms with Crippen molar-refractivity contribution in [1.29, 1.82) is 0 Å². The van der Waals surface area contributed by atoms with Crippen molar-refractivity contribution >= 4 is 21.6 Å². The molecule has 2 bridgehead atoms. The van der Waals surface area contributed by atoms with E-state index in [-0.39, 0.29) is 5.91 Å². The van der Waals surface area contributed by atoms with Gasteiger partial charge in [0.25, 0.3) is 5.91 Å². The van der Waals surface area contributed by atoms with Crippen LogP contribution in [0.15, 0.2) is 18.2 Å². The smallest absolute Gasteiger partial charge is 0.253 e. The number of rotatable bonds is 2. The summed E-state index contributed by atoms with van der Waals surface area (Å²) in [4.78, 5) is 14.8. The highest BCUT2D eigenvalue weighted by atomic mass is 32.2. The number of fused-ring (bicyclic) bond motifs is 3. The number of hydrogen-bond donors (Lipinski definition) is 1. The van der Waals surface area contributed by atoms with Crippen LogP contribution in [0.25, 0.3) is 0 Å². The van der Waals surface area contributed by atoms with Crippen molar-refractivity contribution < 1.29 is 13.2 Å². The molecule has 0 radical (unpaired) electrons. The normalized spacial score (nSPS) is 26.4. The minimum atomic E-state index is -3.25. The van der Waals surface area contributed by atoms with E-state index in [0.29, 0.717) is 36.3 Å². The summed E-state index contributed by atoms with van der Waals surface area (Å²) in [7, 11) is -3.25. The van der Waals surface area contributed by atoms with Crippen LogP contribution in [-0.4, -0.2) is 57.2 Å². The van der Waals surface area contributed by atoms with Crippen LogP contribution >= 0.6 is 0 Å². The zero-order valence-corrected chi connectivity index (χ0v) is 14.7. The molecule has 2 saturated heterocycles. The molecule has 1 aromatic carbocycles. The molecule has 3 heterocycles. The van der Waals surface area contributed by atoms with E-state index in [1.807, 2.05) is 11.0 Å². The number of benzene rings is 1. The van der Waals surface area contributed by atoms with Crippen molar-refractivity contribution in [3.63, 3.8) is 0 Å². The fourth-order valence-corrected chi connectivity index (χ4v) is 5.12. The standard InChI is InChI=1S/C17H23N3O3S/c1-24(22,23)20-9-6-12-10-13(2-5-16(12)20)17(21)19-8-7-14-3-4-15(11-19)18-14/h2,5,10,14-15,18H,3-4,6-9,11H2,1H3. The summed E-state index contributed by atoms with van der Waals surface area (Å²) in [5.41, 5.74) is 2.33. The highest BCUT2D eigenvalue weighted by molar-refractivity contribution is 7.92. The van der Waals surface area contributed by atoms with Crippen LogP contribution in [0, 0.1) is 0 Å². The van der Waals surface area contributed by atoms with Crippen molar-refractivity contribution in [2.45, 2.75) is 37.8 Å². The number of hydrogen-bond acceptors (Lipinski definition) is 4. The number of likely N-dealkylation sites (tertiary alicyclic amines) is 1. The Kier molecular flexibility index (Phi) is 3.80. The van der Waals surface area contributed by atoms with Crippen molar-refractivity contribution in [1.82, 2.24) is 10.2 Å². The maximum atomic E-state index is 12.9. The van der Waals surface area contributed by atoms with E-state index in [4.69, 9.17) is 0 Å². The molecule has 3 aliphatic rings. The first-order chi connectivity index (χ1) is 11.4. The van der Waals surface area contributed by atoms with Gasteiger partial charge in [-0.25, -0.2) is 8.42 Å². The molecule has 1 amide bonds.